The molecule has 12 heteroatoms. The Bertz CT molecular complexity index is 1600. The highest BCUT2D eigenvalue weighted by molar-refractivity contribution is 6.13. The zero-order chi connectivity index (χ0) is 29.1. The molecule has 0 bridgehead atoms. The van der Waals surface area contributed by atoms with Crippen LogP contribution in [0.2, 0.25) is 0 Å². The smallest absolute Gasteiger partial charge is 0.418 e. The van der Waals surface area contributed by atoms with E-state index in [-0.39, 0.29) is 29.0 Å². The van der Waals surface area contributed by atoms with Gasteiger partial charge in [-0.25, -0.2) is 9.97 Å². The molecule has 5 rings (SSSR count). The topological polar surface area (TPSA) is 99.7 Å². The Morgan fingerprint density at radius 2 is 1.71 bits per heavy atom. The van der Waals surface area contributed by atoms with Gasteiger partial charge >= 0.3 is 6.18 Å². The molecular formula is C29H27F3N6O3. The van der Waals surface area contributed by atoms with Crippen LogP contribution in [0.5, 0.6) is 11.6 Å². The molecule has 2 N–H and O–H groups in total. The van der Waals surface area contributed by atoms with Gasteiger partial charge in [0, 0.05) is 56.1 Å². The number of carbonyl (C=O) groups excluding carboxylic acids is 2. The second-order valence-electron chi connectivity index (χ2n) is 9.69. The van der Waals surface area contributed by atoms with Crippen molar-refractivity contribution in [2.75, 3.05) is 48.8 Å². The number of nitrogens with one attached hydrogen (secondary N) is 2. The third-order valence-corrected chi connectivity index (χ3v) is 6.67. The van der Waals surface area contributed by atoms with Gasteiger partial charge in [0.15, 0.2) is 0 Å². The molecule has 0 unspecified atom stereocenters. The maximum Gasteiger partial charge on any atom is 0.418 e. The van der Waals surface area contributed by atoms with E-state index in [4.69, 9.17) is 4.74 Å². The van der Waals surface area contributed by atoms with Crippen molar-refractivity contribution in [1.29, 1.82) is 0 Å². The van der Waals surface area contributed by atoms with Crippen molar-refractivity contribution < 1.29 is 27.5 Å². The van der Waals surface area contributed by atoms with Crippen molar-refractivity contribution >= 4 is 39.8 Å². The van der Waals surface area contributed by atoms with Crippen LogP contribution in [0.1, 0.15) is 22.8 Å². The molecule has 1 aliphatic rings. The van der Waals surface area contributed by atoms with Crippen molar-refractivity contribution in [2.24, 2.45) is 0 Å². The van der Waals surface area contributed by atoms with Gasteiger partial charge in [0.1, 0.15) is 17.9 Å². The zero-order valence-corrected chi connectivity index (χ0v) is 22.3. The summed E-state index contributed by atoms with van der Waals surface area (Å²) in [7, 11) is 1.94. The predicted octanol–water partition coefficient (Wildman–Crippen LogP) is 5.40. The Kier molecular flexibility index (Phi) is 7.75. The van der Waals surface area contributed by atoms with Gasteiger partial charge in [-0.1, -0.05) is 12.1 Å². The number of fused-ring (bicyclic) bond motifs is 1. The molecule has 0 aliphatic carbocycles. The van der Waals surface area contributed by atoms with Crippen LogP contribution in [0.25, 0.3) is 10.8 Å². The monoisotopic (exact) mass is 564 g/mol. The number of hydrogen-bond donors (Lipinski definition) is 2. The second-order valence-corrected chi connectivity index (χ2v) is 9.69. The molecule has 0 atom stereocenters. The molecular weight excluding hydrogens is 537 g/mol. The van der Waals surface area contributed by atoms with Gasteiger partial charge in [-0.3, -0.25) is 9.59 Å². The Morgan fingerprint density at radius 3 is 2.44 bits per heavy atom. The number of anilines is 3. The highest BCUT2D eigenvalue weighted by Gasteiger charge is 2.36. The number of benzene rings is 3. The number of amides is 2. The summed E-state index contributed by atoms with van der Waals surface area (Å²) in [6.07, 6.45) is -3.33. The van der Waals surface area contributed by atoms with Crippen molar-refractivity contribution in [3.8, 4) is 11.6 Å². The summed E-state index contributed by atoms with van der Waals surface area (Å²) in [5.41, 5.74) is -0.336. The van der Waals surface area contributed by atoms with E-state index in [1.807, 2.05) is 7.05 Å². The van der Waals surface area contributed by atoms with Crippen molar-refractivity contribution in [3.05, 3.63) is 78.1 Å². The summed E-state index contributed by atoms with van der Waals surface area (Å²) in [6.45, 7) is 3.67. The summed E-state index contributed by atoms with van der Waals surface area (Å²) in [5, 5.41) is 6.44. The SMILES string of the molecule is CC(=O)Nc1cc(Oc2ccc3c(C(=O)Nc4ccc(N5CCN(C)CC5)c(C(F)(F)F)c4)cccc3c2)ncn1. The maximum atomic E-state index is 14.0. The van der Waals surface area contributed by atoms with E-state index < -0.39 is 17.6 Å². The van der Waals surface area contributed by atoms with Crippen LogP contribution in [-0.4, -0.2) is 59.9 Å². The molecule has 1 fully saturated rings. The van der Waals surface area contributed by atoms with Gasteiger partial charge in [-0.05, 0) is 60.3 Å². The van der Waals surface area contributed by atoms with E-state index >= 15 is 0 Å². The largest absolute Gasteiger partial charge is 0.439 e. The number of hydrogen-bond acceptors (Lipinski definition) is 7. The molecule has 1 aromatic heterocycles. The van der Waals surface area contributed by atoms with E-state index in [1.165, 1.54) is 31.5 Å². The average Bonchev–Trinajstić information content (AvgIpc) is 2.92. The third kappa shape index (κ3) is 6.55. The maximum absolute atomic E-state index is 14.0. The zero-order valence-electron chi connectivity index (χ0n) is 22.3. The van der Waals surface area contributed by atoms with E-state index in [2.05, 4.69) is 25.5 Å². The molecule has 0 radical (unpaired) electrons. The Hall–Kier alpha value is -4.71. The van der Waals surface area contributed by atoms with Gasteiger partial charge in [0.25, 0.3) is 5.91 Å². The summed E-state index contributed by atoms with van der Waals surface area (Å²) >= 11 is 0. The molecule has 0 spiro atoms. The molecule has 1 aliphatic heterocycles. The van der Waals surface area contributed by atoms with Crippen LogP contribution in [-0.2, 0) is 11.0 Å². The van der Waals surface area contributed by atoms with Gasteiger partial charge < -0.3 is 25.2 Å². The van der Waals surface area contributed by atoms with E-state index in [0.717, 1.165) is 6.07 Å². The number of alkyl halides is 3. The Balaban J connectivity index is 1.37. The first-order valence-electron chi connectivity index (χ1n) is 12.8. The summed E-state index contributed by atoms with van der Waals surface area (Å²) in [5.74, 6) is 0.0917. The lowest BCUT2D eigenvalue weighted by Gasteiger charge is -2.35. The molecule has 41 heavy (non-hydrogen) atoms. The lowest BCUT2D eigenvalue weighted by Crippen LogP contribution is -2.45. The molecule has 0 saturated carbocycles. The van der Waals surface area contributed by atoms with Crippen molar-refractivity contribution in [1.82, 2.24) is 14.9 Å². The standard InChI is InChI=1S/C29H27F3N6O3/c1-18(39)35-26-16-27(34-17-33-26)41-21-7-8-22-19(14-21)4-3-5-23(22)28(40)36-20-6-9-25(24(15-20)29(30,31)32)38-12-10-37(2)11-13-38/h3-9,14-17H,10-13H2,1-2H3,(H,36,40)(H,33,34,35,39). The van der Waals surface area contributed by atoms with E-state index in [0.29, 0.717) is 48.3 Å². The molecule has 4 aromatic rings. The first-order chi connectivity index (χ1) is 19.6. The van der Waals surface area contributed by atoms with Gasteiger partial charge in [0.2, 0.25) is 11.8 Å². The number of halogens is 3. The Labute approximate surface area is 233 Å². The van der Waals surface area contributed by atoms with E-state index in [9.17, 15) is 22.8 Å². The van der Waals surface area contributed by atoms with Gasteiger partial charge in [-0.2, -0.15) is 13.2 Å². The third-order valence-electron chi connectivity index (χ3n) is 6.67. The average molecular weight is 565 g/mol. The molecule has 9 nitrogen and oxygen atoms in total. The molecule has 2 heterocycles. The minimum atomic E-state index is -4.58. The van der Waals surface area contributed by atoms with Crippen LogP contribution in [0.4, 0.5) is 30.4 Å². The summed E-state index contributed by atoms with van der Waals surface area (Å²) in [4.78, 5) is 36.3. The molecule has 212 valence electrons. The minimum absolute atomic E-state index is 0.0518. The first kappa shape index (κ1) is 27.8. The molecule has 2 amide bonds. The number of aromatic nitrogens is 2. The number of carbonyl (C=O) groups is 2. The predicted molar refractivity (Wildman–Crippen MR) is 149 cm³/mol. The minimum Gasteiger partial charge on any atom is -0.439 e. The Morgan fingerprint density at radius 1 is 0.927 bits per heavy atom. The van der Waals surface area contributed by atoms with Gasteiger partial charge in [0.05, 0.1) is 5.56 Å². The van der Waals surface area contributed by atoms with Crippen molar-refractivity contribution in [2.45, 2.75) is 13.1 Å². The van der Waals surface area contributed by atoms with Crippen LogP contribution < -0.4 is 20.3 Å². The highest BCUT2D eigenvalue weighted by Crippen LogP contribution is 2.39. The lowest BCUT2D eigenvalue weighted by molar-refractivity contribution is -0.137. The fraction of sp³-hybridized carbons (Fsp3) is 0.241. The fourth-order valence-corrected chi connectivity index (χ4v) is 4.65. The second kappa shape index (κ2) is 11.4. The van der Waals surface area contributed by atoms with Crippen LogP contribution >= 0.6 is 0 Å². The number of rotatable bonds is 6. The lowest BCUT2D eigenvalue weighted by atomic mass is 10.0. The number of nitrogens with zero attached hydrogens (tertiary/aromatic N) is 4. The number of ether oxygens (including phenoxy) is 1. The van der Waals surface area contributed by atoms with Crippen LogP contribution in [0.3, 0.4) is 0 Å². The van der Waals surface area contributed by atoms with E-state index in [1.54, 1.807) is 41.3 Å². The van der Waals surface area contributed by atoms with Crippen LogP contribution in [0, 0.1) is 0 Å². The summed E-state index contributed by atoms with van der Waals surface area (Å²) in [6, 6.07) is 15.5. The normalized spacial score (nSPS) is 14.1. The first-order valence-corrected chi connectivity index (χ1v) is 12.8. The highest BCUT2D eigenvalue weighted by atomic mass is 19.4. The van der Waals surface area contributed by atoms with Crippen molar-refractivity contribution in [3.63, 3.8) is 0 Å². The molecule has 1 saturated heterocycles. The molecule has 3 aromatic carbocycles. The number of likely N-dealkylation sites (N-methyl/N-ethyl adjacent to an activating group) is 1. The fourth-order valence-electron chi connectivity index (χ4n) is 4.65. The quantitative estimate of drug-likeness (QED) is 0.323. The van der Waals surface area contributed by atoms with Crippen LogP contribution in [0.15, 0.2) is 67.0 Å². The summed E-state index contributed by atoms with van der Waals surface area (Å²) < 4.78 is 47.8. The van der Waals surface area contributed by atoms with Gasteiger partial charge in [-0.15, -0.1) is 0 Å². The number of piperazine rings is 1.